The summed E-state index contributed by atoms with van der Waals surface area (Å²) in [5.41, 5.74) is 13.8. The lowest BCUT2D eigenvalue weighted by Gasteiger charge is -2.25. The number of para-hydroxylation sites is 3. The average Bonchev–Trinajstić information content (AvgIpc) is 3.54. The van der Waals surface area contributed by atoms with Crippen LogP contribution in [0.2, 0.25) is 0 Å². The molecule has 1 N–H and O–H groups in total. The normalized spacial score (nSPS) is 12.0. The van der Waals surface area contributed by atoms with Gasteiger partial charge in [-0.2, -0.15) is 0 Å². The highest BCUT2D eigenvalue weighted by molar-refractivity contribution is 6.12. The number of aromatic nitrogens is 2. The molecule has 0 aliphatic heterocycles. The van der Waals surface area contributed by atoms with Gasteiger partial charge in [0.15, 0.2) is 0 Å². The van der Waals surface area contributed by atoms with Crippen LogP contribution in [0.15, 0.2) is 158 Å². The molecule has 6 aromatic carbocycles. The Kier molecular flexibility index (Phi) is 8.30. The fourth-order valence-electron chi connectivity index (χ4n) is 7.16. The van der Waals surface area contributed by atoms with Gasteiger partial charge in [0.1, 0.15) is 5.82 Å². The Morgan fingerprint density at radius 1 is 0.462 bits per heavy atom. The summed E-state index contributed by atoms with van der Waals surface area (Å²) in [6, 6.07) is 56.9. The zero-order chi connectivity index (χ0) is 36.0. The molecule has 0 radical (unpaired) electrons. The van der Waals surface area contributed by atoms with Gasteiger partial charge in [-0.3, -0.25) is 4.90 Å². The van der Waals surface area contributed by atoms with Crippen molar-refractivity contribution >= 4 is 39.0 Å². The van der Waals surface area contributed by atoms with Crippen LogP contribution in [0.4, 0.5) is 17.2 Å². The number of benzene rings is 6. The average molecular weight is 676 g/mol. The van der Waals surface area contributed by atoms with Gasteiger partial charge in [0.2, 0.25) is 0 Å². The highest BCUT2D eigenvalue weighted by Crippen LogP contribution is 2.41. The van der Waals surface area contributed by atoms with Gasteiger partial charge in [0.25, 0.3) is 0 Å². The van der Waals surface area contributed by atoms with E-state index in [0.29, 0.717) is 0 Å². The van der Waals surface area contributed by atoms with Crippen LogP contribution in [0.1, 0.15) is 52.7 Å². The molecule has 0 saturated carbocycles. The minimum absolute atomic E-state index is 0.0898. The van der Waals surface area contributed by atoms with E-state index in [-0.39, 0.29) is 10.8 Å². The Morgan fingerprint density at radius 2 is 1.00 bits per heavy atom. The number of aromatic amines is 1. The summed E-state index contributed by atoms with van der Waals surface area (Å²) < 4.78 is 0. The summed E-state index contributed by atoms with van der Waals surface area (Å²) >= 11 is 0. The molecule has 0 atom stereocenters. The molecular formula is C49H45N3. The monoisotopic (exact) mass is 675 g/mol. The fourth-order valence-corrected chi connectivity index (χ4v) is 7.16. The first-order valence-electron chi connectivity index (χ1n) is 18.2. The van der Waals surface area contributed by atoms with E-state index in [9.17, 15) is 0 Å². The molecule has 0 fully saturated rings. The molecule has 0 saturated heterocycles. The number of fused-ring (bicyclic) bond motifs is 3. The highest BCUT2D eigenvalue weighted by Gasteiger charge is 2.20. The number of rotatable bonds is 6. The van der Waals surface area contributed by atoms with E-state index in [1.165, 1.54) is 44.2 Å². The molecular weight excluding hydrogens is 631 g/mol. The molecule has 52 heavy (non-hydrogen) atoms. The maximum atomic E-state index is 5.43. The van der Waals surface area contributed by atoms with Crippen molar-refractivity contribution in [3.8, 4) is 33.5 Å². The lowest BCUT2D eigenvalue weighted by Crippen LogP contribution is -2.12. The quantitative estimate of drug-likeness (QED) is 0.190. The van der Waals surface area contributed by atoms with Crippen molar-refractivity contribution in [3.05, 3.63) is 169 Å². The predicted molar refractivity (Wildman–Crippen MR) is 222 cm³/mol. The van der Waals surface area contributed by atoms with Crippen LogP contribution in [0.25, 0.3) is 55.3 Å². The first-order valence-corrected chi connectivity index (χ1v) is 18.2. The maximum absolute atomic E-state index is 5.43. The molecule has 0 unspecified atom stereocenters. The van der Waals surface area contributed by atoms with Gasteiger partial charge in [0.05, 0.1) is 16.9 Å². The second kappa shape index (κ2) is 13.0. The third kappa shape index (κ3) is 6.39. The van der Waals surface area contributed by atoms with Gasteiger partial charge >= 0.3 is 0 Å². The number of anilines is 3. The van der Waals surface area contributed by atoms with E-state index in [1.54, 1.807) is 0 Å². The van der Waals surface area contributed by atoms with E-state index in [1.807, 2.05) is 0 Å². The Balaban J connectivity index is 1.29. The minimum atomic E-state index is 0.0898. The van der Waals surface area contributed by atoms with Crippen LogP contribution in [0.3, 0.4) is 0 Å². The minimum Gasteiger partial charge on any atom is -0.353 e. The van der Waals surface area contributed by atoms with Gasteiger partial charge in [-0.1, -0.05) is 145 Å². The fraction of sp³-hybridized carbons (Fsp3) is 0.163. The largest absolute Gasteiger partial charge is 0.353 e. The lowest BCUT2D eigenvalue weighted by atomic mass is 9.85. The van der Waals surface area contributed by atoms with Crippen molar-refractivity contribution in [2.45, 2.75) is 52.4 Å². The van der Waals surface area contributed by atoms with Crippen molar-refractivity contribution in [3.63, 3.8) is 0 Å². The van der Waals surface area contributed by atoms with E-state index in [0.717, 1.165) is 39.5 Å². The zero-order valence-corrected chi connectivity index (χ0v) is 30.9. The molecule has 0 amide bonds. The Morgan fingerprint density at radius 3 is 1.62 bits per heavy atom. The predicted octanol–water partition coefficient (Wildman–Crippen LogP) is 13.8. The Labute approximate surface area is 307 Å². The van der Waals surface area contributed by atoms with Gasteiger partial charge in [0, 0.05) is 27.5 Å². The summed E-state index contributed by atoms with van der Waals surface area (Å²) in [5.74, 6) is 0.853. The van der Waals surface area contributed by atoms with Crippen molar-refractivity contribution in [1.82, 2.24) is 9.97 Å². The molecule has 0 spiro atoms. The molecule has 8 rings (SSSR count). The lowest BCUT2D eigenvalue weighted by molar-refractivity contribution is 0.590. The molecule has 0 aliphatic carbocycles. The molecule has 2 aromatic heterocycles. The first kappa shape index (κ1) is 33.2. The third-order valence-electron chi connectivity index (χ3n) is 10.1. The van der Waals surface area contributed by atoms with Crippen LogP contribution in [0.5, 0.6) is 0 Å². The number of hydrogen-bond donors (Lipinski definition) is 1. The number of nitrogens with zero attached hydrogens (tertiary/aromatic N) is 2. The molecule has 2 heterocycles. The number of H-pyrrole nitrogens is 1. The summed E-state index contributed by atoms with van der Waals surface area (Å²) in [4.78, 5) is 11.4. The molecule has 3 nitrogen and oxygen atoms in total. The summed E-state index contributed by atoms with van der Waals surface area (Å²) in [7, 11) is 0. The maximum Gasteiger partial charge on any atom is 0.138 e. The Bertz CT molecular complexity index is 2430. The molecule has 8 aromatic rings. The first-order chi connectivity index (χ1) is 25.0. The van der Waals surface area contributed by atoms with Gasteiger partial charge in [-0.15, -0.1) is 0 Å². The summed E-state index contributed by atoms with van der Waals surface area (Å²) in [5, 5.41) is 2.40. The van der Waals surface area contributed by atoms with E-state index in [4.69, 9.17) is 4.98 Å². The van der Waals surface area contributed by atoms with Crippen LogP contribution in [-0.4, -0.2) is 9.97 Å². The van der Waals surface area contributed by atoms with E-state index in [2.05, 4.69) is 209 Å². The summed E-state index contributed by atoms with van der Waals surface area (Å²) in [6.07, 6.45) is 0. The van der Waals surface area contributed by atoms with Crippen LogP contribution < -0.4 is 4.90 Å². The number of pyridine rings is 1. The molecule has 3 heteroatoms. The van der Waals surface area contributed by atoms with Gasteiger partial charge in [-0.25, -0.2) is 4.98 Å². The molecule has 0 bridgehead atoms. The van der Waals surface area contributed by atoms with Crippen molar-refractivity contribution < 1.29 is 0 Å². The van der Waals surface area contributed by atoms with Crippen molar-refractivity contribution in [1.29, 1.82) is 0 Å². The standard InChI is InChI=1S/C49H45N3/c1-48(2,3)38-26-22-33(23-27-38)35-30-36(34-24-28-39(29-25-34)49(4,5)6)32-37(31-35)43-19-13-21-46(50-43)52(40-14-8-7-9-15-40)45-20-12-17-42-41-16-10-11-18-44(41)51-47(42)45/h7-32,51H,1-6H3. The smallest absolute Gasteiger partial charge is 0.138 e. The van der Waals surface area contributed by atoms with Crippen LogP contribution in [0, 0.1) is 0 Å². The van der Waals surface area contributed by atoms with Gasteiger partial charge in [-0.05, 0) is 98.8 Å². The second-order valence-corrected chi connectivity index (χ2v) is 15.9. The zero-order valence-electron chi connectivity index (χ0n) is 30.9. The topological polar surface area (TPSA) is 31.9 Å². The van der Waals surface area contributed by atoms with Crippen LogP contribution >= 0.6 is 0 Å². The number of nitrogens with one attached hydrogen (secondary N) is 1. The Hall–Kier alpha value is -5.93. The SMILES string of the molecule is CC(C)(C)c1ccc(-c2cc(-c3ccc(C(C)(C)C)cc3)cc(-c3cccc(N(c4ccccc4)c4cccc5c4[nH]c4ccccc45)n3)c2)cc1. The third-order valence-corrected chi connectivity index (χ3v) is 10.1. The van der Waals surface area contributed by atoms with Crippen molar-refractivity contribution in [2.24, 2.45) is 0 Å². The summed E-state index contributed by atoms with van der Waals surface area (Å²) in [6.45, 7) is 13.6. The number of hydrogen-bond acceptors (Lipinski definition) is 2. The molecule has 256 valence electrons. The van der Waals surface area contributed by atoms with Crippen molar-refractivity contribution in [2.75, 3.05) is 4.90 Å². The van der Waals surface area contributed by atoms with Gasteiger partial charge < -0.3 is 4.98 Å². The van der Waals surface area contributed by atoms with Crippen LogP contribution in [-0.2, 0) is 10.8 Å². The van der Waals surface area contributed by atoms with E-state index < -0.39 is 0 Å². The highest BCUT2D eigenvalue weighted by atomic mass is 15.2. The molecule has 0 aliphatic rings. The van der Waals surface area contributed by atoms with E-state index >= 15 is 0 Å². The second-order valence-electron chi connectivity index (χ2n) is 15.9.